The van der Waals surface area contributed by atoms with Crippen molar-refractivity contribution in [2.45, 2.75) is 0 Å². The van der Waals surface area contributed by atoms with Crippen LogP contribution in [0.1, 0.15) is 10.4 Å². The molecule has 0 N–H and O–H groups in total. The number of nitrogens with zero attached hydrogens (tertiary/aromatic N) is 1. The Morgan fingerprint density at radius 1 is 1.26 bits per heavy atom. The van der Waals surface area contributed by atoms with Crippen LogP contribution in [0.5, 0.6) is 0 Å². The fourth-order valence-corrected chi connectivity index (χ4v) is 8.09. The number of hydrogen-bond donors (Lipinski definition) is 0. The molecule has 2 rings (SSSR count). The van der Waals surface area contributed by atoms with Gasteiger partial charge in [-0.2, -0.15) is 0 Å². The van der Waals surface area contributed by atoms with Crippen molar-refractivity contribution < 1.29 is 32.0 Å². The van der Waals surface area contributed by atoms with Crippen molar-refractivity contribution in [3.05, 3.63) is 30.1 Å². The van der Waals surface area contributed by atoms with Crippen molar-refractivity contribution in [1.29, 1.82) is 0 Å². The van der Waals surface area contributed by atoms with Crippen molar-refractivity contribution in [1.82, 2.24) is 4.98 Å². The van der Waals surface area contributed by atoms with Crippen molar-refractivity contribution in [3.8, 4) is 0 Å². The summed E-state index contributed by atoms with van der Waals surface area (Å²) in [6.07, 6.45) is 2.58. The zero-order chi connectivity index (χ0) is 14.1. The van der Waals surface area contributed by atoms with Crippen LogP contribution >= 0.6 is 0 Å². The van der Waals surface area contributed by atoms with Gasteiger partial charge in [0.1, 0.15) is 0 Å². The molecule has 1 radical (unpaired) electrons. The van der Waals surface area contributed by atoms with E-state index in [1.807, 2.05) is 0 Å². The first-order chi connectivity index (χ1) is 8.77. The van der Waals surface area contributed by atoms with Gasteiger partial charge in [0.2, 0.25) is 0 Å². The summed E-state index contributed by atoms with van der Waals surface area (Å²) >= 11 is -3.51. The summed E-state index contributed by atoms with van der Waals surface area (Å²) in [6.45, 7) is 0. The van der Waals surface area contributed by atoms with Crippen molar-refractivity contribution in [3.63, 3.8) is 0 Å². The molecule has 0 spiro atoms. The molecule has 1 aliphatic rings. The topological polar surface area (TPSA) is 126 Å². The molecule has 12 heteroatoms. The molecule has 1 saturated heterocycles. The molecule has 19 heavy (non-hydrogen) atoms. The van der Waals surface area contributed by atoms with Crippen LogP contribution in [-0.4, -0.2) is 47.8 Å². The number of hydrogen-bond acceptors (Lipinski definition) is 9. The molecule has 0 amide bonds. The maximum atomic E-state index is 11.6. The van der Waals surface area contributed by atoms with E-state index < -0.39 is 46.2 Å². The molecule has 105 valence electrons. The first-order valence-corrected chi connectivity index (χ1v) is 9.75. The van der Waals surface area contributed by atoms with Crippen molar-refractivity contribution in [2.24, 2.45) is 0 Å². The van der Waals surface area contributed by atoms with E-state index in [4.69, 9.17) is 0 Å². The molecule has 0 saturated carbocycles. The van der Waals surface area contributed by atoms with Gasteiger partial charge in [0.25, 0.3) is 0 Å². The molecular weight excluding hydrogens is 369 g/mol. The van der Waals surface area contributed by atoms with Crippen LogP contribution in [0.4, 0.5) is 0 Å². The summed E-state index contributed by atoms with van der Waals surface area (Å²) in [7, 11) is -8.64. The van der Waals surface area contributed by atoms with Crippen molar-refractivity contribution in [2.75, 3.05) is 5.08 Å². The Morgan fingerprint density at radius 2 is 1.89 bits per heavy atom. The molecule has 1 aliphatic heterocycles. The van der Waals surface area contributed by atoms with Crippen LogP contribution < -0.4 is 0 Å². The monoisotopic (exact) mass is 376 g/mol. The average molecular weight is 375 g/mol. The first kappa shape index (κ1) is 14.4. The summed E-state index contributed by atoms with van der Waals surface area (Å²) in [5.74, 6) is -0.981. The molecule has 0 atom stereocenters. The minimum absolute atomic E-state index is 0.0128. The van der Waals surface area contributed by atoms with E-state index in [0.717, 1.165) is 0 Å². The fraction of sp³-hybridized carbons (Fsp3) is 0.143. The molecule has 0 aliphatic carbocycles. The van der Waals surface area contributed by atoms with Gasteiger partial charge >= 0.3 is 113 Å². The fourth-order valence-electron chi connectivity index (χ4n) is 1.02. The molecule has 9 nitrogen and oxygen atoms in total. The van der Waals surface area contributed by atoms with Crippen molar-refractivity contribution >= 4 is 41.1 Å². The quantitative estimate of drug-likeness (QED) is 0.591. The van der Waals surface area contributed by atoms with Crippen LogP contribution in [-0.2, 0) is 30.6 Å². The maximum absolute atomic E-state index is 11.6. The van der Waals surface area contributed by atoms with E-state index in [2.05, 4.69) is 15.3 Å². The number of aromatic nitrogens is 1. The van der Waals surface area contributed by atoms with E-state index in [0.29, 0.717) is 0 Å². The van der Waals surface area contributed by atoms with E-state index in [1.165, 1.54) is 24.5 Å². The van der Waals surface area contributed by atoms with Gasteiger partial charge in [-0.3, -0.25) is 0 Å². The Hall–Kier alpha value is -1.04. The Morgan fingerprint density at radius 3 is 2.42 bits per heavy atom. The number of pyridine rings is 1. The second-order valence-corrected chi connectivity index (χ2v) is 9.55. The molecule has 1 aromatic heterocycles. The predicted octanol–water partition coefficient (Wildman–Crippen LogP) is -1.11. The molecule has 0 unspecified atom stereocenters. The van der Waals surface area contributed by atoms with E-state index in [1.54, 1.807) is 0 Å². The zero-order valence-corrected chi connectivity index (χ0v) is 12.3. The van der Waals surface area contributed by atoms with E-state index in [9.17, 15) is 21.6 Å². The average Bonchev–Trinajstić information content (AvgIpc) is 2.25. The van der Waals surface area contributed by atoms with Gasteiger partial charge in [0, 0.05) is 0 Å². The zero-order valence-electron chi connectivity index (χ0n) is 8.95. The van der Waals surface area contributed by atoms with Crippen LogP contribution in [0.15, 0.2) is 24.5 Å². The second-order valence-electron chi connectivity index (χ2n) is 3.19. The normalized spacial score (nSPS) is 21.7. The number of rotatable bonds is 2. The predicted molar refractivity (Wildman–Crippen MR) is 60.3 cm³/mol. The third-order valence-corrected chi connectivity index (χ3v) is 9.21. The molecule has 1 aromatic rings. The molecular formula is C7H6NO8S2Se. The Bertz CT molecular complexity index is 651. The summed E-state index contributed by atoms with van der Waals surface area (Å²) in [5.41, 5.74) is 0.0128. The van der Waals surface area contributed by atoms with E-state index in [-0.39, 0.29) is 5.56 Å². The summed E-state index contributed by atoms with van der Waals surface area (Å²) < 4.78 is 57.8. The molecule has 2 heterocycles. The van der Waals surface area contributed by atoms with Gasteiger partial charge in [0.15, 0.2) is 0 Å². The van der Waals surface area contributed by atoms with Gasteiger partial charge in [-0.05, 0) is 0 Å². The third kappa shape index (κ3) is 3.96. The molecule has 0 aromatic carbocycles. The third-order valence-electron chi connectivity index (χ3n) is 1.65. The number of carbonyl (C=O) groups excluding carboxylic acids is 1. The standard InChI is InChI=1S/C7H6NO8S2Se/c9-7(6-2-1-3-8-4-6)14-19-15-17(10,11)5-18(12,13)16-19/h1-4H,5H2. The van der Waals surface area contributed by atoms with Gasteiger partial charge in [-0.1, -0.05) is 0 Å². The first-order valence-electron chi connectivity index (χ1n) is 4.50. The Labute approximate surface area is 113 Å². The van der Waals surface area contributed by atoms with Gasteiger partial charge in [0.05, 0.1) is 0 Å². The Balaban J connectivity index is 2.14. The SMILES string of the molecule is O=C(O[Se]1OS(=O)(=O)CS(=O)(=O)O1)c1cccnc1. The van der Waals surface area contributed by atoms with Crippen LogP contribution in [0.2, 0.25) is 0 Å². The van der Waals surface area contributed by atoms with Gasteiger partial charge in [-0.25, -0.2) is 0 Å². The van der Waals surface area contributed by atoms with E-state index >= 15 is 0 Å². The Kier molecular flexibility index (Phi) is 3.90. The summed E-state index contributed by atoms with van der Waals surface area (Å²) in [6, 6.07) is 2.81. The number of carbonyl (C=O) groups is 1. The van der Waals surface area contributed by atoms with Crippen LogP contribution in [0, 0.1) is 0 Å². The van der Waals surface area contributed by atoms with Gasteiger partial charge in [-0.15, -0.1) is 0 Å². The minimum atomic E-state index is -4.32. The summed E-state index contributed by atoms with van der Waals surface area (Å²) in [4.78, 5) is 15.2. The molecule has 1 fully saturated rings. The summed E-state index contributed by atoms with van der Waals surface area (Å²) in [5, 5.41) is -1.30. The van der Waals surface area contributed by atoms with Crippen LogP contribution in [0.3, 0.4) is 0 Å². The second kappa shape index (κ2) is 5.15. The van der Waals surface area contributed by atoms with Gasteiger partial charge < -0.3 is 0 Å². The van der Waals surface area contributed by atoms with Crippen LogP contribution in [0.25, 0.3) is 0 Å². The molecule has 0 bridgehead atoms.